The predicted octanol–water partition coefficient (Wildman–Crippen LogP) is 4.06. The minimum atomic E-state index is 0.00152. The Labute approximate surface area is 166 Å². The van der Waals surface area contributed by atoms with Crippen LogP contribution in [0.2, 0.25) is 0 Å². The number of amides is 1. The van der Waals surface area contributed by atoms with Crippen LogP contribution < -0.4 is 5.32 Å². The minimum Gasteiger partial charge on any atom is -0.355 e. The molecule has 0 saturated carbocycles. The van der Waals surface area contributed by atoms with E-state index < -0.39 is 0 Å². The van der Waals surface area contributed by atoms with Crippen LogP contribution in [-0.4, -0.2) is 39.9 Å². The van der Waals surface area contributed by atoms with Crippen molar-refractivity contribution in [2.24, 2.45) is 0 Å². The molecule has 8 heteroatoms. The van der Waals surface area contributed by atoms with Crippen LogP contribution in [0.5, 0.6) is 0 Å². The van der Waals surface area contributed by atoms with E-state index in [9.17, 15) is 9.59 Å². The number of ketones is 1. The van der Waals surface area contributed by atoms with Crippen molar-refractivity contribution in [1.29, 1.82) is 0 Å². The van der Waals surface area contributed by atoms with Gasteiger partial charge in [-0.05, 0) is 49.9 Å². The Kier molecular flexibility index (Phi) is 8.12. The molecule has 26 heavy (non-hydrogen) atoms. The number of hydrogen-bond donors (Lipinski definition) is 1. The van der Waals surface area contributed by atoms with E-state index in [4.69, 9.17) is 0 Å². The first kappa shape index (κ1) is 20.9. The number of Topliss-reactive ketones (excluding diaryl/α,β-unsaturated/α-hetero) is 1. The van der Waals surface area contributed by atoms with Crippen molar-refractivity contribution < 1.29 is 9.59 Å². The van der Waals surface area contributed by atoms with E-state index in [1.807, 2.05) is 33.8 Å². The van der Waals surface area contributed by atoms with Crippen molar-refractivity contribution in [2.75, 3.05) is 18.1 Å². The monoisotopic (exact) mass is 409 g/mol. The average molecular weight is 410 g/mol. The second-order valence-electron chi connectivity index (χ2n) is 5.94. The van der Waals surface area contributed by atoms with E-state index in [1.165, 1.54) is 40.4 Å². The molecule has 2 rings (SSSR count). The summed E-state index contributed by atoms with van der Waals surface area (Å²) in [6.07, 6.45) is 0.921. The van der Waals surface area contributed by atoms with E-state index in [0.29, 0.717) is 18.1 Å². The normalized spacial score (nSPS) is 10.8. The fraction of sp³-hybridized carbons (Fsp3) is 0.444. The standard InChI is InChI=1S/C18H23N3O2S3/c1-5-6-19-16(23)10-25-18-21-20-17(26-18)24-9-15(22)14-8-12(3)11(2)7-13(14)4/h7-8H,5-6,9-10H2,1-4H3,(H,19,23). The quantitative estimate of drug-likeness (QED) is 0.497. The fourth-order valence-corrected chi connectivity index (χ4v) is 4.96. The average Bonchev–Trinajstić information content (AvgIpc) is 3.07. The maximum atomic E-state index is 12.5. The molecule has 0 aliphatic rings. The lowest BCUT2D eigenvalue weighted by Crippen LogP contribution is -2.25. The van der Waals surface area contributed by atoms with Gasteiger partial charge in [-0.15, -0.1) is 10.2 Å². The van der Waals surface area contributed by atoms with Crippen LogP contribution in [0, 0.1) is 20.8 Å². The third-order valence-electron chi connectivity index (χ3n) is 3.75. The Morgan fingerprint density at radius 3 is 2.27 bits per heavy atom. The molecule has 0 aliphatic carbocycles. The van der Waals surface area contributed by atoms with Crippen LogP contribution in [0.3, 0.4) is 0 Å². The van der Waals surface area contributed by atoms with Gasteiger partial charge in [0.15, 0.2) is 14.5 Å². The second kappa shape index (κ2) is 10.1. The van der Waals surface area contributed by atoms with E-state index in [-0.39, 0.29) is 11.7 Å². The lowest BCUT2D eigenvalue weighted by molar-refractivity contribution is -0.118. The Morgan fingerprint density at radius 1 is 1.00 bits per heavy atom. The Morgan fingerprint density at radius 2 is 1.62 bits per heavy atom. The topological polar surface area (TPSA) is 72.0 Å². The predicted molar refractivity (Wildman–Crippen MR) is 110 cm³/mol. The summed E-state index contributed by atoms with van der Waals surface area (Å²) in [7, 11) is 0. The van der Waals surface area contributed by atoms with Gasteiger partial charge >= 0.3 is 0 Å². The van der Waals surface area contributed by atoms with Crippen molar-refractivity contribution in [3.63, 3.8) is 0 Å². The number of aryl methyl sites for hydroxylation is 3. The Hall–Kier alpha value is -1.38. The van der Waals surface area contributed by atoms with Gasteiger partial charge in [0.05, 0.1) is 11.5 Å². The highest BCUT2D eigenvalue weighted by Crippen LogP contribution is 2.29. The van der Waals surface area contributed by atoms with Crippen LogP contribution >= 0.6 is 34.9 Å². The zero-order valence-corrected chi connectivity index (χ0v) is 17.9. The minimum absolute atomic E-state index is 0.00152. The molecule has 1 N–H and O–H groups in total. The number of carbonyl (C=O) groups excluding carboxylic acids is 2. The molecule has 0 aliphatic heterocycles. The first-order valence-corrected chi connectivity index (χ1v) is 11.2. The van der Waals surface area contributed by atoms with Crippen LogP contribution in [0.4, 0.5) is 0 Å². The first-order chi connectivity index (χ1) is 12.4. The Bertz CT molecular complexity index is 790. The Balaban J connectivity index is 1.87. The van der Waals surface area contributed by atoms with Crippen molar-refractivity contribution >= 4 is 46.6 Å². The molecule has 0 atom stereocenters. The third kappa shape index (κ3) is 6.10. The van der Waals surface area contributed by atoms with E-state index in [2.05, 4.69) is 21.6 Å². The van der Waals surface area contributed by atoms with Crippen LogP contribution in [0.1, 0.15) is 40.4 Å². The highest BCUT2D eigenvalue weighted by atomic mass is 32.2. The summed E-state index contributed by atoms with van der Waals surface area (Å²) in [5.74, 6) is 0.764. The summed E-state index contributed by atoms with van der Waals surface area (Å²) in [6, 6.07) is 4.01. The number of hydrogen-bond acceptors (Lipinski definition) is 7. The molecule has 1 amide bonds. The van der Waals surface area contributed by atoms with Crippen molar-refractivity contribution in [3.8, 4) is 0 Å². The van der Waals surface area contributed by atoms with Crippen molar-refractivity contribution in [3.05, 3.63) is 34.4 Å². The van der Waals surface area contributed by atoms with Gasteiger partial charge < -0.3 is 5.32 Å². The molecule has 0 fully saturated rings. The van der Waals surface area contributed by atoms with Crippen molar-refractivity contribution in [1.82, 2.24) is 15.5 Å². The fourth-order valence-electron chi connectivity index (χ4n) is 2.22. The molecule has 1 aromatic carbocycles. The number of nitrogens with one attached hydrogen (secondary N) is 1. The summed E-state index contributed by atoms with van der Waals surface area (Å²) >= 11 is 4.18. The van der Waals surface area contributed by atoms with Crippen LogP contribution in [0.15, 0.2) is 20.8 Å². The third-order valence-corrected chi connectivity index (χ3v) is 6.94. The summed E-state index contributed by atoms with van der Waals surface area (Å²) in [5, 5.41) is 11.0. The smallest absolute Gasteiger partial charge is 0.230 e. The zero-order chi connectivity index (χ0) is 19.1. The zero-order valence-electron chi connectivity index (χ0n) is 15.4. The number of nitrogens with zero attached hydrogens (tertiary/aromatic N) is 2. The van der Waals surface area contributed by atoms with Gasteiger partial charge in [0.2, 0.25) is 5.91 Å². The molecule has 2 aromatic rings. The van der Waals surface area contributed by atoms with Gasteiger partial charge in [-0.1, -0.05) is 47.9 Å². The summed E-state index contributed by atoms with van der Waals surface area (Å²) in [5.41, 5.74) is 4.10. The van der Waals surface area contributed by atoms with Crippen molar-refractivity contribution in [2.45, 2.75) is 42.8 Å². The molecular weight excluding hydrogens is 386 g/mol. The summed E-state index contributed by atoms with van der Waals surface area (Å²) in [4.78, 5) is 24.1. The molecule has 0 bridgehead atoms. The van der Waals surface area contributed by atoms with Gasteiger partial charge in [-0.25, -0.2) is 0 Å². The van der Waals surface area contributed by atoms with E-state index >= 15 is 0 Å². The molecule has 0 unspecified atom stereocenters. The molecule has 1 heterocycles. The summed E-state index contributed by atoms with van der Waals surface area (Å²) < 4.78 is 1.49. The van der Waals surface area contributed by atoms with Gasteiger partial charge in [-0.2, -0.15) is 0 Å². The van der Waals surface area contributed by atoms with Crippen LogP contribution in [0.25, 0.3) is 0 Å². The van der Waals surface area contributed by atoms with Gasteiger partial charge in [0.25, 0.3) is 0 Å². The number of thioether (sulfide) groups is 2. The van der Waals surface area contributed by atoms with E-state index in [0.717, 1.165) is 31.8 Å². The lowest BCUT2D eigenvalue weighted by atomic mass is 9.99. The maximum Gasteiger partial charge on any atom is 0.230 e. The lowest BCUT2D eigenvalue weighted by Gasteiger charge is -2.08. The molecule has 0 saturated heterocycles. The number of rotatable bonds is 9. The molecule has 140 valence electrons. The molecule has 0 radical (unpaired) electrons. The van der Waals surface area contributed by atoms with Gasteiger partial charge in [0.1, 0.15) is 0 Å². The molecule has 0 spiro atoms. The SMILES string of the molecule is CCCNC(=O)CSc1nnc(SCC(=O)c2cc(C)c(C)cc2C)s1. The van der Waals surface area contributed by atoms with Gasteiger partial charge in [0, 0.05) is 12.1 Å². The number of carbonyl (C=O) groups is 2. The van der Waals surface area contributed by atoms with Gasteiger partial charge in [-0.3, -0.25) is 9.59 Å². The largest absolute Gasteiger partial charge is 0.355 e. The highest BCUT2D eigenvalue weighted by molar-refractivity contribution is 8.03. The molecular formula is C18H23N3O2S3. The second-order valence-corrected chi connectivity index (χ2v) is 9.36. The molecule has 5 nitrogen and oxygen atoms in total. The highest BCUT2D eigenvalue weighted by Gasteiger charge is 2.14. The first-order valence-electron chi connectivity index (χ1n) is 8.37. The summed E-state index contributed by atoms with van der Waals surface area (Å²) in [6.45, 7) is 8.74. The van der Waals surface area contributed by atoms with Crippen LogP contribution in [-0.2, 0) is 4.79 Å². The number of benzene rings is 1. The number of aromatic nitrogens is 2. The molecule has 1 aromatic heterocycles. The van der Waals surface area contributed by atoms with E-state index in [1.54, 1.807) is 0 Å². The maximum absolute atomic E-state index is 12.5.